The van der Waals surface area contributed by atoms with E-state index in [1.807, 2.05) is 0 Å². The second-order valence-corrected chi connectivity index (χ2v) is 4.67. The second-order valence-electron chi connectivity index (χ2n) is 4.67. The first kappa shape index (κ1) is 12.9. The standard InChI is InChI=1S/C17H12N2O2/c18-13-9-7-12(8-10-13)4-3-11-19-16(20)14-5-1-2-6-15(14)17(19)21/h1-2,5-10H,11,18H2. The molecule has 1 aliphatic rings. The summed E-state index contributed by atoms with van der Waals surface area (Å²) in [5, 5.41) is 0. The van der Waals surface area contributed by atoms with Crippen LogP contribution in [-0.4, -0.2) is 23.3 Å². The van der Waals surface area contributed by atoms with Crippen LogP contribution in [0.25, 0.3) is 0 Å². The molecule has 2 aromatic carbocycles. The van der Waals surface area contributed by atoms with Crippen molar-refractivity contribution in [1.82, 2.24) is 4.90 Å². The van der Waals surface area contributed by atoms with E-state index in [1.54, 1.807) is 48.5 Å². The molecule has 0 aliphatic carbocycles. The van der Waals surface area contributed by atoms with Crippen molar-refractivity contribution in [2.24, 2.45) is 0 Å². The van der Waals surface area contributed by atoms with Gasteiger partial charge in [-0.2, -0.15) is 0 Å². The minimum Gasteiger partial charge on any atom is -0.399 e. The Morgan fingerprint density at radius 3 is 2.05 bits per heavy atom. The first-order chi connectivity index (χ1) is 10.2. The fraction of sp³-hybridized carbons (Fsp3) is 0.0588. The molecule has 0 radical (unpaired) electrons. The first-order valence-corrected chi connectivity index (χ1v) is 6.46. The van der Waals surface area contributed by atoms with Crippen molar-refractivity contribution >= 4 is 17.5 Å². The number of hydrogen-bond acceptors (Lipinski definition) is 3. The Bertz CT molecular complexity index is 747. The minimum absolute atomic E-state index is 0.0801. The summed E-state index contributed by atoms with van der Waals surface area (Å²) in [4.78, 5) is 25.4. The third-order valence-electron chi connectivity index (χ3n) is 3.26. The summed E-state index contributed by atoms with van der Waals surface area (Å²) in [5.41, 5.74) is 7.94. The smallest absolute Gasteiger partial charge is 0.262 e. The fourth-order valence-corrected chi connectivity index (χ4v) is 2.17. The number of carbonyl (C=O) groups is 2. The van der Waals surface area contributed by atoms with Crippen LogP contribution in [-0.2, 0) is 0 Å². The average molecular weight is 276 g/mol. The van der Waals surface area contributed by atoms with E-state index < -0.39 is 0 Å². The Balaban J connectivity index is 1.77. The van der Waals surface area contributed by atoms with E-state index in [0.717, 1.165) is 10.5 Å². The van der Waals surface area contributed by atoms with Gasteiger partial charge in [0, 0.05) is 11.3 Å². The van der Waals surface area contributed by atoms with Crippen molar-refractivity contribution in [3.05, 3.63) is 65.2 Å². The van der Waals surface area contributed by atoms with Crippen molar-refractivity contribution in [1.29, 1.82) is 0 Å². The number of nitrogens with zero attached hydrogens (tertiary/aromatic N) is 1. The lowest BCUT2D eigenvalue weighted by Crippen LogP contribution is -2.29. The zero-order chi connectivity index (χ0) is 14.8. The Morgan fingerprint density at radius 1 is 0.905 bits per heavy atom. The third-order valence-corrected chi connectivity index (χ3v) is 3.26. The van der Waals surface area contributed by atoms with E-state index in [-0.39, 0.29) is 18.4 Å². The summed E-state index contributed by atoms with van der Waals surface area (Å²) < 4.78 is 0. The SMILES string of the molecule is Nc1ccc(C#CCN2C(=O)c3ccccc3C2=O)cc1. The molecule has 2 amide bonds. The Morgan fingerprint density at radius 2 is 1.48 bits per heavy atom. The molecule has 0 fully saturated rings. The number of hydrogen-bond donors (Lipinski definition) is 1. The normalized spacial score (nSPS) is 12.9. The Hall–Kier alpha value is -3.06. The second kappa shape index (κ2) is 5.14. The monoisotopic (exact) mass is 276 g/mol. The predicted octanol–water partition coefficient (Wildman–Crippen LogP) is 1.92. The lowest BCUT2D eigenvalue weighted by Gasteiger charge is -2.08. The number of anilines is 1. The quantitative estimate of drug-likeness (QED) is 0.491. The van der Waals surface area contributed by atoms with Gasteiger partial charge in [-0.1, -0.05) is 24.0 Å². The number of fused-ring (bicyclic) bond motifs is 1. The van der Waals surface area contributed by atoms with E-state index in [2.05, 4.69) is 11.8 Å². The molecule has 0 saturated heterocycles. The van der Waals surface area contributed by atoms with Crippen LogP contribution in [0.1, 0.15) is 26.3 Å². The third kappa shape index (κ3) is 2.37. The van der Waals surface area contributed by atoms with Gasteiger partial charge in [0.25, 0.3) is 11.8 Å². The molecule has 4 nitrogen and oxygen atoms in total. The molecule has 0 aromatic heterocycles. The summed E-state index contributed by atoms with van der Waals surface area (Å²) in [6.07, 6.45) is 0. The zero-order valence-electron chi connectivity index (χ0n) is 11.2. The molecule has 0 spiro atoms. The minimum atomic E-state index is -0.290. The van der Waals surface area contributed by atoms with Crippen LogP contribution in [0.5, 0.6) is 0 Å². The Kier molecular flexibility index (Phi) is 3.17. The molecule has 102 valence electrons. The molecule has 1 heterocycles. The van der Waals surface area contributed by atoms with Crippen molar-refractivity contribution in [2.45, 2.75) is 0 Å². The summed E-state index contributed by atoms with van der Waals surface area (Å²) in [5.74, 6) is 5.19. The van der Waals surface area contributed by atoms with E-state index in [9.17, 15) is 9.59 Å². The first-order valence-electron chi connectivity index (χ1n) is 6.46. The van der Waals surface area contributed by atoms with Crippen molar-refractivity contribution < 1.29 is 9.59 Å². The number of nitrogens with two attached hydrogens (primary N) is 1. The molecule has 0 bridgehead atoms. The van der Waals surface area contributed by atoms with Crippen molar-refractivity contribution in [3.63, 3.8) is 0 Å². The van der Waals surface area contributed by atoms with Crippen molar-refractivity contribution in [3.8, 4) is 11.8 Å². The highest BCUT2D eigenvalue weighted by molar-refractivity contribution is 6.21. The largest absolute Gasteiger partial charge is 0.399 e. The summed E-state index contributed by atoms with van der Waals surface area (Å²) in [7, 11) is 0. The summed E-state index contributed by atoms with van der Waals surface area (Å²) in [6, 6.07) is 13.9. The van der Waals surface area contributed by atoms with Gasteiger partial charge in [-0.3, -0.25) is 14.5 Å². The van der Waals surface area contributed by atoms with E-state index in [0.29, 0.717) is 16.8 Å². The van der Waals surface area contributed by atoms with Gasteiger partial charge in [-0.15, -0.1) is 0 Å². The molecule has 1 aliphatic heterocycles. The van der Waals surface area contributed by atoms with Crippen LogP contribution >= 0.6 is 0 Å². The molecular weight excluding hydrogens is 264 g/mol. The van der Waals surface area contributed by atoms with Gasteiger partial charge in [0.15, 0.2) is 0 Å². The molecule has 2 N–H and O–H groups in total. The summed E-state index contributed by atoms with van der Waals surface area (Å²) >= 11 is 0. The highest BCUT2D eigenvalue weighted by Gasteiger charge is 2.34. The zero-order valence-corrected chi connectivity index (χ0v) is 11.2. The number of rotatable bonds is 1. The number of amides is 2. The lowest BCUT2D eigenvalue weighted by atomic mass is 10.1. The Labute approximate surface area is 122 Å². The summed E-state index contributed by atoms with van der Waals surface area (Å²) in [6.45, 7) is 0.0801. The van der Waals surface area contributed by atoms with Crippen LogP contribution < -0.4 is 5.73 Å². The lowest BCUT2D eigenvalue weighted by molar-refractivity contribution is 0.0675. The number of benzene rings is 2. The molecule has 0 unspecified atom stereocenters. The number of imide groups is 1. The van der Waals surface area contributed by atoms with Gasteiger partial charge in [0.05, 0.1) is 17.7 Å². The highest BCUT2D eigenvalue weighted by atomic mass is 16.2. The van der Waals surface area contributed by atoms with Gasteiger partial charge in [-0.05, 0) is 36.4 Å². The molecule has 0 atom stereocenters. The van der Waals surface area contributed by atoms with Crippen LogP contribution in [0.2, 0.25) is 0 Å². The topological polar surface area (TPSA) is 63.4 Å². The highest BCUT2D eigenvalue weighted by Crippen LogP contribution is 2.21. The molecule has 21 heavy (non-hydrogen) atoms. The molecule has 2 aromatic rings. The fourth-order valence-electron chi connectivity index (χ4n) is 2.17. The predicted molar refractivity (Wildman–Crippen MR) is 79.5 cm³/mol. The molecule has 3 rings (SSSR count). The average Bonchev–Trinajstić information content (AvgIpc) is 2.75. The van der Waals surface area contributed by atoms with Gasteiger partial charge in [-0.25, -0.2) is 0 Å². The van der Waals surface area contributed by atoms with Gasteiger partial charge in [0.2, 0.25) is 0 Å². The van der Waals surface area contributed by atoms with Gasteiger partial charge >= 0.3 is 0 Å². The van der Waals surface area contributed by atoms with Crippen LogP contribution in [0.4, 0.5) is 5.69 Å². The van der Waals surface area contributed by atoms with Crippen LogP contribution in [0, 0.1) is 11.8 Å². The van der Waals surface area contributed by atoms with Crippen LogP contribution in [0.15, 0.2) is 48.5 Å². The van der Waals surface area contributed by atoms with Crippen LogP contribution in [0.3, 0.4) is 0 Å². The maximum Gasteiger partial charge on any atom is 0.262 e. The maximum absolute atomic E-state index is 12.1. The number of carbonyl (C=O) groups excluding carboxylic acids is 2. The van der Waals surface area contributed by atoms with E-state index >= 15 is 0 Å². The van der Waals surface area contributed by atoms with Gasteiger partial charge in [0.1, 0.15) is 0 Å². The molecule has 0 saturated carbocycles. The molecular formula is C17H12N2O2. The van der Waals surface area contributed by atoms with Gasteiger partial charge < -0.3 is 5.73 Å². The van der Waals surface area contributed by atoms with E-state index in [1.165, 1.54) is 0 Å². The number of nitrogen functional groups attached to an aromatic ring is 1. The maximum atomic E-state index is 12.1. The van der Waals surface area contributed by atoms with Crippen molar-refractivity contribution in [2.75, 3.05) is 12.3 Å². The molecule has 4 heteroatoms. The van der Waals surface area contributed by atoms with E-state index in [4.69, 9.17) is 5.73 Å².